The summed E-state index contributed by atoms with van der Waals surface area (Å²) in [4.78, 5) is 11.5. The van der Waals surface area contributed by atoms with E-state index < -0.39 is 6.09 Å². The highest BCUT2D eigenvalue weighted by Gasteiger charge is 2.12. The Morgan fingerprint density at radius 1 is 1.25 bits per heavy atom. The van der Waals surface area contributed by atoms with Crippen molar-refractivity contribution in [2.24, 2.45) is 0 Å². The van der Waals surface area contributed by atoms with E-state index in [0.29, 0.717) is 25.9 Å². The second kappa shape index (κ2) is 8.55. The number of hydrogen-bond donors (Lipinski definition) is 2. The van der Waals surface area contributed by atoms with Gasteiger partial charge in [-0.15, -0.1) is 0 Å². The number of carbonyl (C=O) groups is 1. The lowest BCUT2D eigenvalue weighted by Crippen LogP contribution is -2.34. The topological polar surface area (TPSA) is 59.6 Å². The number of piperidine rings is 1. The number of ether oxygens (including phenoxy) is 2. The van der Waals surface area contributed by atoms with Crippen LogP contribution in [0.4, 0.5) is 4.79 Å². The zero-order chi connectivity index (χ0) is 14.0. The number of carbonyl (C=O) groups excluding carboxylic acids is 1. The maximum atomic E-state index is 11.5. The van der Waals surface area contributed by atoms with Crippen molar-refractivity contribution in [3.63, 3.8) is 0 Å². The summed E-state index contributed by atoms with van der Waals surface area (Å²) in [5.41, 5.74) is 0.980. The summed E-state index contributed by atoms with van der Waals surface area (Å²) >= 11 is 0. The molecule has 2 N–H and O–H groups in total. The van der Waals surface area contributed by atoms with E-state index in [9.17, 15) is 4.79 Å². The molecule has 0 spiro atoms. The van der Waals surface area contributed by atoms with Gasteiger partial charge in [0.25, 0.3) is 0 Å². The van der Waals surface area contributed by atoms with Crippen molar-refractivity contribution >= 4 is 6.09 Å². The lowest BCUT2D eigenvalue weighted by atomic mass is 10.1. The van der Waals surface area contributed by atoms with Crippen molar-refractivity contribution in [1.29, 1.82) is 0 Å². The molecule has 1 fully saturated rings. The van der Waals surface area contributed by atoms with E-state index >= 15 is 0 Å². The summed E-state index contributed by atoms with van der Waals surface area (Å²) in [5, 5.41) is 5.98. The maximum Gasteiger partial charge on any atom is 0.407 e. The van der Waals surface area contributed by atoms with Crippen LogP contribution in [-0.4, -0.2) is 38.4 Å². The molecule has 0 saturated carbocycles. The zero-order valence-electron chi connectivity index (χ0n) is 11.6. The van der Waals surface area contributed by atoms with Crippen molar-refractivity contribution < 1.29 is 14.3 Å². The summed E-state index contributed by atoms with van der Waals surface area (Å²) in [6, 6.07) is 9.62. The summed E-state index contributed by atoms with van der Waals surface area (Å²) in [7, 11) is 0. The van der Waals surface area contributed by atoms with Crippen LogP contribution in [0, 0.1) is 0 Å². The number of nitrogens with one attached hydrogen (secondary N) is 2. The summed E-state index contributed by atoms with van der Waals surface area (Å²) in [6.07, 6.45) is 2.00. The third-order valence-corrected chi connectivity index (χ3v) is 3.22. The van der Waals surface area contributed by atoms with Gasteiger partial charge in [-0.25, -0.2) is 4.79 Å². The van der Waals surface area contributed by atoms with Crippen LogP contribution in [0.5, 0.6) is 0 Å². The minimum absolute atomic E-state index is 0.293. The lowest BCUT2D eigenvalue weighted by Gasteiger charge is -2.22. The predicted molar refractivity (Wildman–Crippen MR) is 76.5 cm³/mol. The summed E-state index contributed by atoms with van der Waals surface area (Å²) in [6.45, 7) is 3.33. The van der Waals surface area contributed by atoms with E-state index in [1.165, 1.54) is 0 Å². The standard InChI is InChI=1S/C15H22N2O3/c18-15(20-12-13-4-2-1-3-5-13)17-10-11-19-14-6-8-16-9-7-14/h1-5,14,16H,6-12H2,(H,17,18). The van der Waals surface area contributed by atoms with Gasteiger partial charge in [-0.3, -0.25) is 0 Å². The highest BCUT2D eigenvalue weighted by Crippen LogP contribution is 2.06. The fraction of sp³-hybridized carbons (Fsp3) is 0.533. The molecule has 1 saturated heterocycles. The largest absolute Gasteiger partial charge is 0.445 e. The second-order valence-corrected chi connectivity index (χ2v) is 4.81. The van der Waals surface area contributed by atoms with E-state index in [4.69, 9.17) is 9.47 Å². The minimum atomic E-state index is -0.400. The van der Waals surface area contributed by atoms with Crippen LogP contribution >= 0.6 is 0 Å². The number of benzene rings is 1. The van der Waals surface area contributed by atoms with Gasteiger partial charge in [0.15, 0.2) is 0 Å². The Kier molecular flexibility index (Phi) is 6.34. The molecule has 20 heavy (non-hydrogen) atoms. The summed E-state index contributed by atoms with van der Waals surface area (Å²) in [5.74, 6) is 0. The Hall–Kier alpha value is -1.59. The molecule has 1 aliphatic rings. The molecule has 0 aliphatic carbocycles. The van der Waals surface area contributed by atoms with Crippen LogP contribution in [0.3, 0.4) is 0 Å². The molecular formula is C15H22N2O3. The van der Waals surface area contributed by atoms with Crippen LogP contribution in [0.25, 0.3) is 0 Å². The molecule has 5 heteroatoms. The molecule has 110 valence electrons. The van der Waals surface area contributed by atoms with Gasteiger partial charge in [0, 0.05) is 6.54 Å². The Bertz CT molecular complexity index is 391. The first kappa shape index (κ1) is 14.8. The van der Waals surface area contributed by atoms with Crippen LogP contribution in [0.2, 0.25) is 0 Å². The molecule has 1 heterocycles. The molecule has 0 radical (unpaired) electrons. The number of alkyl carbamates (subject to hydrolysis) is 1. The fourth-order valence-electron chi connectivity index (χ4n) is 2.11. The Morgan fingerprint density at radius 2 is 2.00 bits per heavy atom. The van der Waals surface area contributed by atoms with Gasteiger partial charge in [0.05, 0.1) is 12.7 Å². The van der Waals surface area contributed by atoms with Gasteiger partial charge in [0.1, 0.15) is 6.61 Å². The first-order chi connectivity index (χ1) is 9.84. The van der Waals surface area contributed by atoms with Crippen molar-refractivity contribution in [3.8, 4) is 0 Å². The predicted octanol–water partition coefficient (Wildman–Crippen LogP) is 1.68. The molecule has 2 rings (SSSR count). The molecular weight excluding hydrogens is 256 g/mol. The lowest BCUT2D eigenvalue weighted by molar-refractivity contribution is 0.0340. The van der Waals surface area contributed by atoms with Gasteiger partial charge < -0.3 is 20.1 Å². The molecule has 0 aromatic heterocycles. The van der Waals surface area contributed by atoms with E-state index in [1.807, 2.05) is 30.3 Å². The number of rotatable bonds is 6. The highest BCUT2D eigenvalue weighted by molar-refractivity contribution is 5.67. The third-order valence-electron chi connectivity index (χ3n) is 3.22. The van der Waals surface area contributed by atoms with Gasteiger partial charge in [-0.05, 0) is 31.5 Å². The highest BCUT2D eigenvalue weighted by atomic mass is 16.5. The fourth-order valence-corrected chi connectivity index (χ4v) is 2.11. The minimum Gasteiger partial charge on any atom is -0.445 e. The van der Waals surface area contributed by atoms with Crippen molar-refractivity contribution in [2.45, 2.75) is 25.6 Å². The molecule has 5 nitrogen and oxygen atoms in total. The van der Waals surface area contributed by atoms with Crippen molar-refractivity contribution in [2.75, 3.05) is 26.2 Å². The van der Waals surface area contributed by atoms with Gasteiger partial charge in [-0.1, -0.05) is 30.3 Å². The number of amides is 1. The second-order valence-electron chi connectivity index (χ2n) is 4.81. The zero-order valence-corrected chi connectivity index (χ0v) is 11.6. The molecule has 0 atom stereocenters. The molecule has 1 aromatic carbocycles. The third kappa shape index (κ3) is 5.59. The average Bonchev–Trinajstić information content (AvgIpc) is 2.52. The number of hydrogen-bond acceptors (Lipinski definition) is 4. The molecule has 0 bridgehead atoms. The van der Waals surface area contributed by atoms with E-state index in [0.717, 1.165) is 31.5 Å². The Labute approximate surface area is 119 Å². The SMILES string of the molecule is O=C(NCCOC1CCNCC1)OCc1ccccc1. The molecule has 1 aromatic rings. The van der Waals surface area contributed by atoms with Crippen LogP contribution < -0.4 is 10.6 Å². The first-order valence-electron chi connectivity index (χ1n) is 7.11. The van der Waals surface area contributed by atoms with Gasteiger partial charge >= 0.3 is 6.09 Å². The van der Waals surface area contributed by atoms with Crippen molar-refractivity contribution in [1.82, 2.24) is 10.6 Å². The smallest absolute Gasteiger partial charge is 0.407 e. The first-order valence-corrected chi connectivity index (χ1v) is 7.11. The van der Waals surface area contributed by atoms with Gasteiger partial charge in [0.2, 0.25) is 0 Å². The van der Waals surface area contributed by atoms with E-state index in [2.05, 4.69) is 10.6 Å². The van der Waals surface area contributed by atoms with E-state index in [1.54, 1.807) is 0 Å². The van der Waals surface area contributed by atoms with Gasteiger partial charge in [-0.2, -0.15) is 0 Å². The normalized spacial score (nSPS) is 15.8. The molecule has 1 amide bonds. The van der Waals surface area contributed by atoms with Crippen molar-refractivity contribution in [3.05, 3.63) is 35.9 Å². The molecule has 0 unspecified atom stereocenters. The van der Waals surface area contributed by atoms with Crippen LogP contribution in [-0.2, 0) is 16.1 Å². The molecule has 1 aliphatic heterocycles. The Balaban J connectivity index is 1.51. The maximum absolute atomic E-state index is 11.5. The monoisotopic (exact) mass is 278 g/mol. The van der Waals surface area contributed by atoms with Crippen LogP contribution in [0.1, 0.15) is 18.4 Å². The summed E-state index contributed by atoms with van der Waals surface area (Å²) < 4.78 is 10.8. The van der Waals surface area contributed by atoms with E-state index in [-0.39, 0.29) is 0 Å². The Morgan fingerprint density at radius 3 is 2.75 bits per heavy atom. The quantitative estimate of drug-likeness (QED) is 0.777. The van der Waals surface area contributed by atoms with Crippen LogP contribution in [0.15, 0.2) is 30.3 Å². The average molecular weight is 278 g/mol.